The summed E-state index contributed by atoms with van der Waals surface area (Å²) in [6.07, 6.45) is 16.3. The van der Waals surface area contributed by atoms with Crippen LogP contribution in [0.2, 0.25) is 0 Å². The third-order valence-electron chi connectivity index (χ3n) is 3.79. The first kappa shape index (κ1) is 10.6. The van der Waals surface area contributed by atoms with Gasteiger partial charge in [0.25, 0.3) is 0 Å². The number of fused-ring (bicyclic) bond motifs is 2. The van der Waals surface area contributed by atoms with Gasteiger partial charge >= 0.3 is 0 Å². The molecule has 3 rings (SSSR count). The standard InChI is InChI=1S/C15H17NO/c1-11(17)16-14-8-4-2-6-12(14)10-13-7-3-5-9-15(13)16/h2,4,6-9,12,14H,3,5,10H2,1H3. The van der Waals surface area contributed by atoms with Crippen LogP contribution in [0.5, 0.6) is 0 Å². The zero-order valence-electron chi connectivity index (χ0n) is 10.1. The molecule has 2 atom stereocenters. The van der Waals surface area contributed by atoms with Crippen molar-refractivity contribution in [1.29, 1.82) is 0 Å². The first-order valence-corrected chi connectivity index (χ1v) is 6.32. The van der Waals surface area contributed by atoms with Gasteiger partial charge in [-0.05, 0) is 24.8 Å². The first-order valence-electron chi connectivity index (χ1n) is 6.32. The zero-order chi connectivity index (χ0) is 11.8. The Labute approximate surface area is 102 Å². The summed E-state index contributed by atoms with van der Waals surface area (Å²) in [6.45, 7) is 1.67. The quantitative estimate of drug-likeness (QED) is 0.623. The highest BCUT2D eigenvalue weighted by Gasteiger charge is 2.36. The fourth-order valence-electron chi connectivity index (χ4n) is 3.06. The number of likely N-dealkylation sites (tertiary alicyclic amines) is 1. The molecule has 2 unspecified atom stereocenters. The van der Waals surface area contributed by atoms with Crippen LogP contribution in [-0.4, -0.2) is 16.8 Å². The minimum Gasteiger partial charge on any atom is -0.305 e. The third-order valence-corrected chi connectivity index (χ3v) is 3.79. The van der Waals surface area contributed by atoms with Crippen molar-refractivity contribution < 1.29 is 4.79 Å². The van der Waals surface area contributed by atoms with Gasteiger partial charge in [-0.15, -0.1) is 0 Å². The zero-order valence-corrected chi connectivity index (χ0v) is 10.1. The molecule has 0 aromatic heterocycles. The van der Waals surface area contributed by atoms with Crippen molar-refractivity contribution in [2.75, 3.05) is 0 Å². The van der Waals surface area contributed by atoms with Crippen molar-refractivity contribution in [2.45, 2.75) is 32.2 Å². The van der Waals surface area contributed by atoms with Crippen LogP contribution < -0.4 is 0 Å². The monoisotopic (exact) mass is 227 g/mol. The Kier molecular flexibility index (Phi) is 2.50. The average Bonchev–Trinajstić information content (AvgIpc) is 2.35. The van der Waals surface area contributed by atoms with Gasteiger partial charge in [0.1, 0.15) is 0 Å². The lowest BCUT2D eigenvalue weighted by Gasteiger charge is -2.43. The van der Waals surface area contributed by atoms with Crippen LogP contribution in [0.4, 0.5) is 0 Å². The summed E-state index contributed by atoms with van der Waals surface area (Å²) in [5.41, 5.74) is 2.51. The predicted molar refractivity (Wildman–Crippen MR) is 68.1 cm³/mol. The van der Waals surface area contributed by atoms with Crippen molar-refractivity contribution in [1.82, 2.24) is 4.90 Å². The molecule has 0 spiro atoms. The lowest BCUT2D eigenvalue weighted by molar-refractivity contribution is -0.129. The SMILES string of the molecule is CC(=O)N1C2=CCCC=C2CC2C=CC=CC21. The minimum atomic E-state index is 0.152. The molecule has 1 fully saturated rings. The second-order valence-electron chi connectivity index (χ2n) is 4.91. The second-order valence-corrected chi connectivity index (χ2v) is 4.91. The Balaban J connectivity index is 2.03. The Bertz CT molecular complexity index is 467. The maximum absolute atomic E-state index is 11.9. The number of nitrogens with zero attached hydrogens (tertiary/aromatic N) is 1. The van der Waals surface area contributed by atoms with Crippen LogP contribution in [0.1, 0.15) is 26.2 Å². The van der Waals surface area contributed by atoms with E-state index >= 15 is 0 Å². The Hall–Kier alpha value is -1.57. The summed E-state index contributed by atoms with van der Waals surface area (Å²) < 4.78 is 0. The smallest absolute Gasteiger partial charge is 0.224 e. The lowest BCUT2D eigenvalue weighted by atomic mass is 9.80. The molecule has 0 bridgehead atoms. The summed E-state index contributed by atoms with van der Waals surface area (Å²) >= 11 is 0. The van der Waals surface area contributed by atoms with Gasteiger partial charge in [0, 0.05) is 18.5 Å². The van der Waals surface area contributed by atoms with E-state index in [4.69, 9.17) is 0 Å². The Morgan fingerprint density at radius 3 is 2.82 bits per heavy atom. The highest BCUT2D eigenvalue weighted by molar-refractivity contribution is 5.78. The predicted octanol–water partition coefficient (Wildman–Crippen LogP) is 2.95. The molecule has 1 amide bonds. The highest BCUT2D eigenvalue weighted by atomic mass is 16.2. The highest BCUT2D eigenvalue weighted by Crippen LogP contribution is 2.39. The fourth-order valence-corrected chi connectivity index (χ4v) is 3.06. The van der Waals surface area contributed by atoms with E-state index in [1.807, 2.05) is 4.90 Å². The van der Waals surface area contributed by atoms with E-state index in [1.54, 1.807) is 6.92 Å². The Morgan fingerprint density at radius 2 is 2.00 bits per heavy atom. The van der Waals surface area contributed by atoms with Crippen molar-refractivity contribution in [3.8, 4) is 0 Å². The third kappa shape index (κ3) is 1.68. The van der Waals surface area contributed by atoms with Crippen LogP contribution in [0.25, 0.3) is 0 Å². The molecule has 2 heteroatoms. The van der Waals surface area contributed by atoms with Crippen LogP contribution in [0.3, 0.4) is 0 Å². The molecular formula is C15H17NO. The molecule has 2 nitrogen and oxygen atoms in total. The molecule has 1 aliphatic heterocycles. The molecular weight excluding hydrogens is 210 g/mol. The summed E-state index contributed by atoms with van der Waals surface area (Å²) in [5.74, 6) is 0.601. The largest absolute Gasteiger partial charge is 0.305 e. The van der Waals surface area contributed by atoms with E-state index in [0.717, 1.165) is 25.0 Å². The molecule has 0 N–H and O–H groups in total. The summed E-state index contributed by atoms with van der Waals surface area (Å²) in [6, 6.07) is 0.221. The number of hydrogen-bond acceptors (Lipinski definition) is 1. The molecule has 0 radical (unpaired) electrons. The second kappa shape index (κ2) is 4.02. The van der Waals surface area contributed by atoms with Crippen molar-refractivity contribution >= 4 is 5.91 Å². The van der Waals surface area contributed by atoms with E-state index in [2.05, 4.69) is 36.5 Å². The maximum Gasteiger partial charge on any atom is 0.224 e. The molecule has 3 aliphatic rings. The normalized spacial score (nSPS) is 30.3. The van der Waals surface area contributed by atoms with Gasteiger partial charge in [-0.25, -0.2) is 0 Å². The molecule has 0 saturated carbocycles. The molecule has 1 saturated heterocycles. The molecule has 0 aromatic carbocycles. The van der Waals surface area contributed by atoms with Crippen LogP contribution >= 0.6 is 0 Å². The number of carbonyl (C=O) groups excluding carboxylic acids is 1. The molecule has 0 aromatic rings. The average molecular weight is 227 g/mol. The van der Waals surface area contributed by atoms with E-state index in [1.165, 1.54) is 5.57 Å². The number of hydrogen-bond donors (Lipinski definition) is 0. The van der Waals surface area contributed by atoms with Gasteiger partial charge in [0.15, 0.2) is 0 Å². The van der Waals surface area contributed by atoms with E-state index in [-0.39, 0.29) is 11.9 Å². The number of carbonyl (C=O) groups is 1. The van der Waals surface area contributed by atoms with E-state index < -0.39 is 0 Å². The minimum absolute atomic E-state index is 0.152. The van der Waals surface area contributed by atoms with Crippen molar-refractivity contribution in [2.24, 2.45) is 5.92 Å². The topological polar surface area (TPSA) is 20.3 Å². The van der Waals surface area contributed by atoms with Crippen molar-refractivity contribution in [3.63, 3.8) is 0 Å². The molecule has 1 heterocycles. The van der Waals surface area contributed by atoms with Crippen LogP contribution in [0.15, 0.2) is 47.7 Å². The summed E-state index contributed by atoms with van der Waals surface area (Å²) in [4.78, 5) is 13.9. The molecule has 17 heavy (non-hydrogen) atoms. The summed E-state index contributed by atoms with van der Waals surface area (Å²) in [5, 5.41) is 0. The number of piperidine rings is 1. The van der Waals surface area contributed by atoms with Gasteiger partial charge in [-0.3, -0.25) is 4.79 Å². The van der Waals surface area contributed by atoms with Crippen molar-refractivity contribution in [3.05, 3.63) is 47.7 Å². The van der Waals surface area contributed by atoms with Gasteiger partial charge in [-0.1, -0.05) is 36.5 Å². The van der Waals surface area contributed by atoms with Gasteiger partial charge in [0.05, 0.1) is 6.04 Å². The fraction of sp³-hybridized carbons (Fsp3) is 0.400. The molecule has 88 valence electrons. The van der Waals surface area contributed by atoms with Crippen LogP contribution in [-0.2, 0) is 4.79 Å². The lowest BCUT2D eigenvalue weighted by Crippen LogP contribution is -2.46. The van der Waals surface area contributed by atoms with E-state index in [9.17, 15) is 4.79 Å². The number of rotatable bonds is 0. The number of amides is 1. The van der Waals surface area contributed by atoms with E-state index in [0.29, 0.717) is 5.92 Å². The van der Waals surface area contributed by atoms with Gasteiger partial charge in [-0.2, -0.15) is 0 Å². The first-order chi connectivity index (χ1) is 8.27. The molecule has 2 aliphatic carbocycles. The number of allylic oxidation sites excluding steroid dienone is 5. The van der Waals surface area contributed by atoms with Gasteiger partial charge < -0.3 is 4.90 Å². The maximum atomic E-state index is 11.9. The van der Waals surface area contributed by atoms with Gasteiger partial charge in [0.2, 0.25) is 5.91 Å². The van der Waals surface area contributed by atoms with Crippen LogP contribution in [0, 0.1) is 5.92 Å². The summed E-state index contributed by atoms with van der Waals surface area (Å²) in [7, 11) is 0. The Morgan fingerprint density at radius 1 is 1.24 bits per heavy atom.